The van der Waals surface area contributed by atoms with Crippen LogP contribution in [0.15, 0.2) is 0 Å². The van der Waals surface area contributed by atoms with E-state index in [4.69, 9.17) is 8.19 Å². The van der Waals surface area contributed by atoms with Crippen LogP contribution in [0.5, 0.6) is 0 Å². The zero-order valence-corrected chi connectivity index (χ0v) is 12.6. The minimum absolute atomic E-state index is 0.353. The molecule has 2 N–H and O–H groups in total. The van der Waals surface area contributed by atoms with Gasteiger partial charge in [0.1, 0.15) is 0 Å². The van der Waals surface area contributed by atoms with Gasteiger partial charge in [0.2, 0.25) is 0 Å². The van der Waals surface area contributed by atoms with Crippen molar-refractivity contribution in [3.63, 3.8) is 0 Å². The second-order valence-corrected chi connectivity index (χ2v) is 8.57. The standard InChI is InChI=1S/C12H27AsO3/c1-3-5-6-7-8-9-10-11-12(4-2)13(14,15)16/h12H,3-11H2,1-2H3,(H2,14,15,16). The van der Waals surface area contributed by atoms with Crippen molar-refractivity contribution < 1.29 is 11.9 Å². The maximum atomic E-state index is 11.1. The molecule has 0 saturated carbocycles. The van der Waals surface area contributed by atoms with E-state index in [-0.39, 0.29) is 4.71 Å². The molecular formula is C12H27AsO3. The van der Waals surface area contributed by atoms with E-state index in [1.54, 1.807) is 0 Å². The molecule has 0 aromatic rings. The van der Waals surface area contributed by atoms with Crippen LogP contribution >= 0.6 is 0 Å². The Hall–Kier alpha value is 0.278. The second kappa shape index (κ2) is 9.32. The van der Waals surface area contributed by atoms with Crippen molar-refractivity contribution in [1.29, 1.82) is 0 Å². The van der Waals surface area contributed by atoms with Crippen LogP contribution in [0.2, 0.25) is 4.71 Å². The molecule has 0 spiro atoms. The number of hydrogen-bond donors (Lipinski definition) is 2. The van der Waals surface area contributed by atoms with Crippen LogP contribution in [-0.2, 0) is 3.74 Å². The average molecular weight is 294 g/mol. The van der Waals surface area contributed by atoms with Crippen molar-refractivity contribution in [3.05, 3.63) is 0 Å². The fourth-order valence-corrected chi connectivity index (χ4v) is 4.03. The summed E-state index contributed by atoms with van der Waals surface area (Å²) in [5, 5.41) is 0. The summed E-state index contributed by atoms with van der Waals surface area (Å²) < 4.78 is 29.0. The summed E-state index contributed by atoms with van der Waals surface area (Å²) in [6.07, 6.45) is 9.76. The first-order valence-electron chi connectivity index (χ1n) is 6.57. The van der Waals surface area contributed by atoms with Crippen LogP contribution in [0.1, 0.15) is 71.6 Å². The van der Waals surface area contributed by atoms with Gasteiger partial charge in [-0.1, -0.05) is 0 Å². The summed E-state index contributed by atoms with van der Waals surface area (Å²) in [5.74, 6) is 0. The van der Waals surface area contributed by atoms with Gasteiger partial charge in [-0.3, -0.25) is 0 Å². The number of hydrogen-bond acceptors (Lipinski definition) is 1. The molecule has 0 radical (unpaired) electrons. The summed E-state index contributed by atoms with van der Waals surface area (Å²) in [6.45, 7) is 4.07. The summed E-state index contributed by atoms with van der Waals surface area (Å²) in [5.41, 5.74) is 0. The molecule has 0 rings (SSSR count). The zero-order valence-electron chi connectivity index (χ0n) is 10.7. The molecule has 16 heavy (non-hydrogen) atoms. The van der Waals surface area contributed by atoms with Crippen LogP contribution in [0.3, 0.4) is 0 Å². The molecule has 3 nitrogen and oxygen atoms in total. The minimum atomic E-state index is -4.45. The Labute approximate surface area is 103 Å². The summed E-state index contributed by atoms with van der Waals surface area (Å²) in [7, 11) is 0. The van der Waals surface area contributed by atoms with E-state index in [0.29, 0.717) is 12.8 Å². The molecule has 0 aromatic carbocycles. The zero-order chi connectivity index (χ0) is 12.4. The molecule has 0 fully saturated rings. The van der Waals surface area contributed by atoms with Crippen molar-refractivity contribution in [2.24, 2.45) is 0 Å². The third kappa shape index (κ3) is 8.43. The molecule has 0 aliphatic rings. The summed E-state index contributed by atoms with van der Waals surface area (Å²) in [6, 6.07) is 0. The van der Waals surface area contributed by atoms with Crippen LogP contribution < -0.4 is 0 Å². The van der Waals surface area contributed by atoms with Crippen molar-refractivity contribution >= 4 is 14.2 Å². The van der Waals surface area contributed by atoms with Gasteiger partial charge in [0.05, 0.1) is 0 Å². The van der Waals surface area contributed by atoms with Crippen LogP contribution in [0.25, 0.3) is 0 Å². The number of unbranched alkanes of at least 4 members (excludes halogenated alkanes) is 6. The summed E-state index contributed by atoms with van der Waals surface area (Å²) in [4.78, 5) is 0. The van der Waals surface area contributed by atoms with Gasteiger partial charge in [-0.15, -0.1) is 0 Å². The second-order valence-electron chi connectivity index (χ2n) is 4.56. The molecule has 0 aliphatic heterocycles. The van der Waals surface area contributed by atoms with Gasteiger partial charge < -0.3 is 0 Å². The van der Waals surface area contributed by atoms with Gasteiger partial charge in [0, 0.05) is 0 Å². The van der Waals surface area contributed by atoms with Crippen LogP contribution in [0.4, 0.5) is 0 Å². The topological polar surface area (TPSA) is 57.5 Å². The Morgan fingerprint density at radius 3 is 1.88 bits per heavy atom. The van der Waals surface area contributed by atoms with E-state index >= 15 is 0 Å². The van der Waals surface area contributed by atoms with Gasteiger partial charge in [0.25, 0.3) is 0 Å². The normalized spacial score (nSPS) is 14.0. The molecule has 98 valence electrons. The SMILES string of the molecule is CCCCCCCCCC(CC)[As](=O)(O)O. The van der Waals surface area contributed by atoms with Crippen molar-refractivity contribution in [2.75, 3.05) is 0 Å². The maximum absolute atomic E-state index is 11.1. The molecular weight excluding hydrogens is 267 g/mol. The van der Waals surface area contributed by atoms with Gasteiger partial charge >= 0.3 is 102 Å². The van der Waals surface area contributed by atoms with Crippen molar-refractivity contribution in [3.8, 4) is 0 Å². The van der Waals surface area contributed by atoms with Gasteiger partial charge in [-0.05, 0) is 0 Å². The van der Waals surface area contributed by atoms with Gasteiger partial charge in [-0.25, -0.2) is 0 Å². The molecule has 0 heterocycles. The van der Waals surface area contributed by atoms with E-state index in [2.05, 4.69) is 6.92 Å². The van der Waals surface area contributed by atoms with Gasteiger partial charge in [-0.2, -0.15) is 0 Å². The monoisotopic (exact) mass is 294 g/mol. The Kier molecular flexibility index (Phi) is 9.49. The molecule has 4 heteroatoms. The average Bonchev–Trinajstić information content (AvgIpc) is 2.20. The number of rotatable bonds is 10. The van der Waals surface area contributed by atoms with E-state index in [0.717, 1.165) is 12.8 Å². The predicted octanol–water partition coefficient (Wildman–Crippen LogP) is 3.26. The Morgan fingerprint density at radius 1 is 0.938 bits per heavy atom. The summed E-state index contributed by atoms with van der Waals surface area (Å²) >= 11 is -4.45. The van der Waals surface area contributed by atoms with E-state index < -0.39 is 14.2 Å². The molecule has 1 atom stereocenters. The Bertz CT molecular complexity index is 200. The Balaban J connectivity index is 3.46. The Morgan fingerprint density at radius 2 is 1.44 bits per heavy atom. The van der Waals surface area contributed by atoms with Crippen molar-refractivity contribution in [2.45, 2.75) is 76.3 Å². The molecule has 0 aliphatic carbocycles. The molecule has 0 bridgehead atoms. The van der Waals surface area contributed by atoms with Crippen LogP contribution in [-0.4, -0.2) is 22.4 Å². The van der Waals surface area contributed by atoms with E-state index in [1.807, 2.05) is 6.92 Å². The van der Waals surface area contributed by atoms with Gasteiger partial charge in [0.15, 0.2) is 0 Å². The van der Waals surface area contributed by atoms with E-state index in [9.17, 15) is 3.74 Å². The molecule has 0 amide bonds. The quantitative estimate of drug-likeness (QED) is 0.480. The predicted molar refractivity (Wildman–Crippen MR) is 67.5 cm³/mol. The first-order chi connectivity index (χ1) is 7.52. The third-order valence-corrected chi connectivity index (χ3v) is 6.39. The fourth-order valence-electron chi connectivity index (χ4n) is 1.95. The first kappa shape index (κ1) is 16.3. The molecule has 0 aromatic heterocycles. The third-order valence-electron chi connectivity index (χ3n) is 3.09. The van der Waals surface area contributed by atoms with Crippen molar-refractivity contribution in [1.82, 2.24) is 0 Å². The van der Waals surface area contributed by atoms with Crippen LogP contribution in [0, 0.1) is 0 Å². The van der Waals surface area contributed by atoms with E-state index in [1.165, 1.54) is 32.1 Å². The molecule has 1 unspecified atom stereocenters. The fraction of sp³-hybridized carbons (Fsp3) is 1.00. The first-order valence-corrected chi connectivity index (χ1v) is 10.1. The molecule has 0 saturated heterocycles.